The normalized spacial score (nSPS) is 15.2. The van der Waals surface area contributed by atoms with E-state index >= 15 is 0 Å². The summed E-state index contributed by atoms with van der Waals surface area (Å²) < 4.78 is 1.84. The van der Waals surface area contributed by atoms with Crippen LogP contribution in [0.5, 0.6) is 0 Å². The second-order valence-electron chi connectivity index (χ2n) is 6.34. The zero-order valence-electron chi connectivity index (χ0n) is 13.6. The molecule has 2 aromatic rings. The maximum Gasteiger partial charge on any atom is 0.257 e. The van der Waals surface area contributed by atoms with Crippen LogP contribution in [-0.4, -0.2) is 33.7 Å². The van der Waals surface area contributed by atoms with E-state index in [1.54, 1.807) is 6.20 Å². The van der Waals surface area contributed by atoms with Crippen LogP contribution in [0.2, 0.25) is 5.02 Å². The number of hydrogen-bond donors (Lipinski definition) is 0. The smallest absolute Gasteiger partial charge is 0.257 e. The van der Waals surface area contributed by atoms with E-state index in [-0.39, 0.29) is 11.8 Å². The molecular weight excluding hydrogens is 310 g/mol. The van der Waals surface area contributed by atoms with Crippen LogP contribution in [0.3, 0.4) is 0 Å². The van der Waals surface area contributed by atoms with E-state index in [2.05, 4.69) is 18.9 Å². The summed E-state index contributed by atoms with van der Waals surface area (Å²) in [6.07, 6.45) is 5.09. The highest BCUT2D eigenvalue weighted by Gasteiger charge is 2.25. The van der Waals surface area contributed by atoms with Gasteiger partial charge in [0.05, 0.1) is 23.1 Å². The van der Waals surface area contributed by atoms with Crippen LogP contribution in [0.4, 0.5) is 0 Å². The first kappa shape index (κ1) is 16.1. The zero-order valence-corrected chi connectivity index (χ0v) is 14.4. The lowest BCUT2D eigenvalue weighted by molar-refractivity contribution is 0.0722. The Balaban J connectivity index is 2.00. The predicted octanol–water partition coefficient (Wildman–Crippen LogP) is 4.28. The Hall–Kier alpha value is -1.81. The Labute approximate surface area is 142 Å². The lowest BCUT2D eigenvalue weighted by atomic mass is 10.0. The van der Waals surface area contributed by atoms with Gasteiger partial charge in [0.1, 0.15) is 0 Å². The number of rotatable bonds is 3. The van der Waals surface area contributed by atoms with Crippen LogP contribution in [0.15, 0.2) is 30.5 Å². The third-order valence-electron chi connectivity index (χ3n) is 4.28. The van der Waals surface area contributed by atoms with Crippen molar-refractivity contribution in [2.75, 3.05) is 13.1 Å². The van der Waals surface area contributed by atoms with Gasteiger partial charge in [-0.2, -0.15) is 5.10 Å². The molecule has 23 heavy (non-hydrogen) atoms. The Bertz CT molecular complexity index is 702. The van der Waals surface area contributed by atoms with Crippen molar-refractivity contribution < 1.29 is 4.79 Å². The van der Waals surface area contributed by atoms with Crippen LogP contribution in [-0.2, 0) is 0 Å². The van der Waals surface area contributed by atoms with Gasteiger partial charge in [-0.05, 0) is 43.4 Å². The summed E-state index contributed by atoms with van der Waals surface area (Å²) in [6, 6.07) is 7.56. The third kappa shape index (κ3) is 3.27. The molecule has 1 saturated heterocycles. The molecule has 5 heteroatoms. The summed E-state index contributed by atoms with van der Waals surface area (Å²) in [5.74, 6) is 0.293. The van der Waals surface area contributed by atoms with E-state index in [4.69, 9.17) is 11.6 Å². The van der Waals surface area contributed by atoms with Crippen molar-refractivity contribution in [2.24, 2.45) is 0 Å². The quantitative estimate of drug-likeness (QED) is 0.842. The molecule has 1 aromatic heterocycles. The number of hydrogen-bond acceptors (Lipinski definition) is 2. The highest BCUT2D eigenvalue weighted by Crippen LogP contribution is 2.26. The van der Waals surface area contributed by atoms with Crippen LogP contribution < -0.4 is 0 Å². The van der Waals surface area contributed by atoms with Gasteiger partial charge >= 0.3 is 0 Å². The molecule has 0 bridgehead atoms. The fourth-order valence-corrected chi connectivity index (χ4v) is 3.34. The Morgan fingerprint density at radius 1 is 1.22 bits per heavy atom. The molecule has 0 unspecified atom stereocenters. The minimum absolute atomic E-state index is 0.0988. The van der Waals surface area contributed by atoms with Gasteiger partial charge in [0.2, 0.25) is 0 Å². The minimum Gasteiger partial charge on any atom is -0.339 e. The number of piperidine rings is 1. The molecular formula is C18H22ClN3O. The molecule has 2 heterocycles. The van der Waals surface area contributed by atoms with Gasteiger partial charge in [-0.25, -0.2) is 4.68 Å². The van der Waals surface area contributed by atoms with Crippen molar-refractivity contribution >= 4 is 17.5 Å². The number of likely N-dealkylation sites (tertiary alicyclic amines) is 1. The molecule has 1 aliphatic rings. The van der Waals surface area contributed by atoms with E-state index in [9.17, 15) is 4.79 Å². The van der Waals surface area contributed by atoms with Gasteiger partial charge in [0.15, 0.2) is 0 Å². The highest BCUT2D eigenvalue weighted by atomic mass is 35.5. The maximum absolute atomic E-state index is 12.9. The second kappa shape index (κ2) is 6.75. The second-order valence-corrected chi connectivity index (χ2v) is 6.78. The number of halogens is 1. The average molecular weight is 332 g/mol. The standard InChI is InChI=1S/C18H22ClN3O/c1-13(2)17-16(18(23)21-9-4-3-5-10-21)12-20-22(17)15-8-6-7-14(19)11-15/h6-8,11-13H,3-5,9-10H2,1-2H3. The number of aromatic nitrogens is 2. The molecule has 1 aromatic carbocycles. The monoisotopic (exact) mass is 331 g/mol. The number of carbonyl (C=O) groups is 1. The van der Waals surface area contributed by atoms with Crippen molar-refractivity contribution in [1.82, 2.24) is 14.7 Å². The summed E-state index contributed by atoms with van der Waals surface area (Å²) in [4.78, 5) is 14.8. The van der Waals surface area contributed by atoms with E-state index in [0.29, 0.717) is 10.6 Å². The van der Waals surface area contributed by atoms with Crippen molar-refractivity contribution in [3.63, 3.8) is 0 Å². The molecule has 0 radical (unpaired) electrons. The fraction of sp³-hybridized carbons (Fsp3) is 0.444. The van der Waals surface area contributed by atoms with E-state index in [0.717, 1.165) is 37.3 Å². The van der Waals surface area contributed by atoms with Crippen LogP contribution >= 0.6 is 11.6 Å². The maximum atomic E-state index is 12.9. The summed E-state index contributed by atoms with van der Waals surface area (Å²) >= 11 is 6.10. The van der Waals surface area contributed by atoms with Crippen molar-refractivity contribution in [3.8, 4) is 5.69 Å². The highest BCUT2D eigenvalue weighted by molar-refractivity contribution is 6.30. The molecule has 3 rings (SSSR count). The number of nitrogens with zero attached hydrogens (tertiary/aromatic N) is 3. The molecule has 4 nitrogen and oxygen atoms in total. The van der Waals surface area contributed by atoms with Crippen LogP contribution in [0, 0.1) is 0 Å². The lowest BCUT2D eigenvalue weighted by Gasteiger charge is -2.27. The molecule has 1 fully saturated rings. The van der Waals surface area contributed by atoms with Crippen molar-refractivity contribution in [2.45, 2.75) is 39.0 Å². The SMILES string of the molecule is CC(C)c1c(C(=O)N2CCCCC2)cnn1-c1cccc(Cl)c1. The van der Waals surface area contributed by atoms with E-state index in [1.165, 1.54) is 6.42 Å². The first-order valence-electron chi connectivity index (χ1n) is 8.21. The van der Waals surface area contributed by atoms with Crippen molar-refractivity contribution in [1.29, 1.82) is 0 Å². The van der Waals surface area contributed by atoms with Gasteiger partial charge in [0, 0.05) is 18.1 Å². The van der Waals surface area contributed by atoms with Gasteiger partial charge in [0.25, 0.3) is 5.91 Å². The zero-order chi connectivity index (χ0) is 16.4. The summed E-state index contributed by atoms with van der Waals surface area (Å²) in [5, 5.41) is 5.14. The molecule has 122 valence electrons. The molecule has 1 amide bonds. The Morgan fingerprint density at radius 3 is 2.61 bits per heavy atom. The molecule has 0 spiro atoms. The molecule has 0 atom stereocenters. The molecule has 0 saturated carbocycles. The fourth-order valence-electron chi connectivity index (χ4n) is 3.16. The largest absolute Gasteiger partial charge is 0.339 e. The number of benzene rings is 1. The first-order valence-corrected chi connectivity index (χ1v) is 8.59. The van der Waals surface area contributed by atoms with Gasteiger partial charge < -0.3 is 4.90 Å². The number of amides is 1. The van der Waals surface area contributed by atoms with E-state index in [1.807, 2.05) is 33.8 Å². The first-order chi connectivity index (χ1) is 11.1. The van der Waals surface area contributed by atoms with Gasteiger partial charge in [-0.3, -0.25) is 4.79 Å². The van der Waals surface area contributed by atoms with Gasteiger partial charge in [-0.15, -0.1) is 0 Å². The summed E-state index contributed by atoms with van der Waals surface area (Å²) in [5.41, 5.74) is 2.55. The predicted molar refractivity (Wildman–Crippen MR) is 92.4 cm³/mol. The minimum atomic E-state index is 0.0988. The van der Waals surface area contributed by atoms with E-state index < -0.39 is 0 Å². The molecule has 1 aliphatic heterocycles. The molecule has 0 aliphatic carbocycles. The average Bonchev–Trinajstić information content (AvgIpc) is 3.00. The Morgan fingerprint density at radius 2 is 1.96 bits per heavy atom. The topological polar surface area (TPSA) is 38.1 Å². The lowest BCUT2D eigenvalue weighted by Crippen LogP contribution is -2.36. The van der Waals surface area contributed by atoms with Crippen LogP contribution in [0.1, 0.15) is 55.1 Å². The summed E-state index contributed by atoms with van der Waals surface area (Å²) in [6.45, 7) is 5.87. The van der Waals surface area contributed by atoms with Crippen LogP contribution in [0.25, 0.3) is 5.69 Å². The summed E-state index contributed by atoms with van der Waals surface area (Å²) in [7, 11) is 0. The van der Waals surface area contributed by atoms with Gasteiger partial charge in [-0.1, -0.05) is 31.5 Å². The number of carbonyl (C=O) groups excluding carboxylic acids is 1. The Kier molecular flexibility index (Phi) is 4.71. The molecule has 0 N–H and O–H groups in total. The van der Waals surface area contributed by atoms with Crippen molar-refractivity contribution in [3.05, 3.63) is 46.7 Å². The third-order valence-corrected chi connectivity index (χ3v) is 4.51.